The number of carbonyl (C=O) groups excluding carboxylic acids is 2. The molecule has 0 saturated carbocycles. The van der Waals surface area contributed by atoms with Crippen molar-refractivity contribution in [3.8, 4) is 0 Å². The molecule has 1 unspecified atom stereocenters. The highest BCUT2D eigenvalue weighted by Gasteiger charge is 2.18. The van der Waals surface area contributed by atoms with E-state index in [0.717, 1.165) is 0 Å². The van der Waals surface area contributed by atoms with E-state index >= 15 is 0 Å². The van der Waals surface area contributed by atoms with Crippen molar-refractivity contribution in [3.05, 3.63) is 0 Å². The summed E-state index contributed by atoms with van der Waals surface area (Å²) >= 11 is 0. The molecule has 0 aliphatic heterocycles. The summed E-state index contributed by atoms with van der Waals surface area (Å²) in [5.74, 6) is -2.46. The molecule has 8 heteroatoms. The van der Waals surface area contributed by atoms with E-state index in [2.05, 4.69) is 4.74 Å². The number of esters is 2. The Balaban J connectivity index is 4.22. The lowest BCUT2D eigenvalue weighted by atomic mass is 10.3. The summed E-state index contributed by atoms with van der Waals surface area (Å²) < 4.78 is 14.4. The van der Waals surface area contributed by atoms with Crippen LogP contribution in [0.25, 0.3) is 0 Å². The van der Waals surface area contributed by atoms with Crippen molar-refractivity contribution in [3.63, 3.8) is 0 Å². The van der Waals surface area contributed by atoms with Crippen molar-refractivity contribution in [1.29, 1.82) is 5.41 Å². The summed E-state index contributed by atoms with van der Waals surface area (Å²) in [5.41, 5.74) is 0. The second kappa shape index (κ2) is 8.90. The Morgan fingerprint density at radius 1 is 1.11 bits per heavy atom. The summed E-state index contributed by atoms with van der Waals surface area (Å²) in [6, 6.07) is 0. The molecule has 0 aliphatic carbocycles. The predicted octanol–water partition coefficient (Wildman–Crippen LogP) is 0.340. The third-order valence-corrected chi connectivity index (χ3v) is 1.80. The standard InChI is InChI=1S/C11H17NO7/c1-7(12)17-5-9(6-18-8(2)13)19-11(16)4-3-10(14)15/h9,12H,3-6H2,1-2H3,(H,14,15). The van der Waals surface area contributed by atoms with E-state index < -0.39 is 24.0 Å². The molecule has 0 aromatic heterocycles. The van der Waals surface area contributed by atoms with Gasteiger partial charge in [-0.1, -0.05) is 0 Å². The van der Waals surface area contributed by atoms with Crippen LogP contribution in [0.1, 0.15) is 26.7 Å². The SMILES string of the molecule is CC(=N)OCC(COC(C)=O)OC(=O)CCC(=O)O. The maximum atomic E-state index is 11.3. The summed E-state index contributed by atoms with van der Waals surface area (Å²) in [4.78, 5) is 32.3. The predicted molar refractivity (Wildman–Crippen MR) is 62.7 cm³/mol. The lowest BCUT2D eigenvalue weighted by Crippen LogP contribution is -2.30. The zero-order chi connectivity index (χ0) is 14.8. The maximum Gasteiger partial charge on any atom is 0.306 e. The Kier molecular flexibility index (Phi) is 7.90. The van der Waals surface area contributed by atoms with Crippen LogP contribution in [0.3, 0.4) is 0 Å². The van der Waals surface area contributed by atoms with E-state index in [1.807, 2.05) is 0 Å². The molecule has 0 aromatic carbocycles. The molecule has 1 atom stereocenters. The van der Waals surface area contributed by atoms with E-state index in [0.29, 0.717) is 0 Å². The molecular formula is C11H17NO7. The van der Waals surface area contributed by atoms with Gasteiger partial charge in [-0.3, -0.25) is 19.8 Å². The molecule has 0 spiro atoms. The average molecular weight is 275 g/mol. The van der Waals surface area contributed by atoms with Crippen molar-refractivity contribution < 1.29 is 33.7 Å². The summed E-state index contributed by atoms with van der Waals surface area (Å²) in [6.07, 6.45) is -1.50. The fraction of sp³-hybridized carbons (Fsp3) is 0.636. The van der Waals surface area contributed by atoms with Gasteiger partial charge in [0.15, 0.2) is 12.0 Å². The number of rotatable bonds is 8. The maximum absolute atomic E-state index is 11.3. The molecule has 0 fully saturated rings. The van der Waals surface area contributed by atoms with Crippen molar-refractivity contribution in [2.75, 3.05) is 13.2 Å². The normalized spacial score (nSPS) is 11.3. The van der Waals surface area contributed by atoms with E-state index in [4.69, 9.17) is 20.0 Å². The van der Waals surface area contributed by atoms with Gasteiger partial charge < -0.3 is 19.3 Å². The van der Waals surface area contributed by atoms with Crippen molar-refractivity contribution in [1.82, 2.24) is 0 Å². The number of nitrogens with one attached hydrogen (secondary N) is 1. The van der Waals surface area contributed by atoms with Gasteiger partial charge in [0.2, 0.25) is 0 Å². The van der Waals surface area contributed by atoms with Crippen LogP contribution < -0.4 is 0 Å². The molecule has 0 heterocycles. The van der Waals surface area contributed by atoms with Crippen molar-refractivity contribution >= 4 is 23.8 Å². The number of ether oxygens (including phenoxy) is 3. The third-order valence-electron chi connectivity index (χ3n) is 1.80. The van der Waals surface area contributed by atoms with Gasteiger partial charge in [-0.2, -0.15) is 0 Å². The van der Waals surface area contributed by atoms with Crippen LogP contribution in [-0.4, -0.2) is 48.2 Å². The minimum absolute atomic E-state index is 0.0746. The molecule has 0 amide bonds. The van der Waals surface area contributed by atoms with Crippen LogP contribution in [0.2, 0.25) is 0 Å². The molecular weight excluding hydrogens is 258 g/mol. The van der Waals surface area contributed by atoms with Gasteiger partial charge in [0.1, 0.15) is 13.2 Å². The molecule has 0 saturated heterocycles. The monoisotopic (exact) mass is 275 g/mol. The molecule has 0 aromatic rings. The van der Waals surface area contributed by atoms with Crippen LogP contribution in [-0.2, 0) is 28.6 Å². The number of hydrogen-bond acceptors (Lipinski definition) is 7. The van der Waals surface area contributed by atoms with Gasteiger partial charge in [-0.15, -0.1) is 0 Å². The highest BCUT2D eigenvalue weighted by molar-refractivity contribution is 5.76. The second-order valence-corrected chi connectivity index (χ2v) is 3.68. The average Bonchev–Trinajstić information content (AvgIpc) is 2.29. The first-order valence-corrected chi connectivity index (χ1v) is 5.54. The second-order valence-electron chi connectivity index (χ2n) is 3.68. The van der Waals surface area contributed by atoms with Gasteiger partial charge >= 0.3 is 17.9 Å². The minimum Gasteiger partial charge on any atom is -0.481 e. The van der Waals surface area contributed by atoms with Crippen molar-refractivity contribution in [2.24, 2.45) is 0 Å². The molecule has 0 aliphatic rings. The highest BCUT2D eigenvalue weighted by atomic mass is 16.6. The van der Waals surface area contributed by atoms with E-state index in [9.17, 15) is 14.4 Å². The molecule has 8 nitrogen and oxygen atoms in total. The molecule has 108 valence electrons. The van der Waals surface area contributed by atoms with Gasteiger partial charge in [0.05, 0.1) is 12.8 Å². The Morgan fingerprint density at radius 2 is 1.68 bits per heavy atom. The number of carboxylic acids is 1. The largest absolute Gasteiger partial charge is 0.481 e. The van der Waals surface area contributed by atoms with Crippen LogP contribution >= 0.6 is 0 Å². The number of hydrogen-bond donors (Lipinski definition) is 2. The van der Waals surface area contributed by atoms with E-state index in [1.54, 1.807) is 0 Å². The van der Waals surface area contributed by atoms with E-state index in [1.165, 1.54) is 13.8 Å². The molecule has 2 N–H and O–H groups in total. The van der Waals surface area contributed by atoms with Crippen LogP contribution in [0.15, 0.2) is 0 Å². The highest BCUT2D eigenvalue weighted by Crippen LogP contribution is 2.01. The van der Waals surface area contributed by atoms with Crippen LogP contribution in [0, 0.1) is 5.41 Å². The Labute approximate surface area is 110 Å². The fourth-order valence-electron chi connectivity index (χ4n) is 0.998. The van der Waals surface area contributed by atoms with Crippen LogP contribution in [0.4, 0.5) is 0 Å². The first-order chi connectivity index (χ1) is 8.81. The first-order valence-electron chi connectivity index (χ1n) is 5.54. The Morgan fingerprint density at radius 3 is 2.16 bits per heavy atom. The van der Waals surface area contributed by atoms with Crippen LogP contribution in [0.5, 0.6) is 0 Å². The Bertz CT molecular complexity index is 335. The molecule has 0 bridgehead atoms. The molecule has 0 rings (SSSR count). The fourth-order valence-corrected chi connectivity index (χ4v) is 0.998. The van der Waals surface area contributed by atoms with Gasteiger partial charge in [-0.05, 0) is 0 Å². The smallest absolute Gasteiger partial charge is 0.306 e. The van der Waals surface area contributed by atoms with Crippen molar-refractivity contribution in [2.45, 2.75) is 32.8 Å². The molecule has 19 heavy (non-hydrogen) atoms. The minimum atomic E-state index is -1.11. The Hall–Kier alpha value is -2.12. The van der Waals surface area contributed by atoms with Gasteiger partial charge in [0, 0.05) is 13.8 Å². The summed E-state index contributed by atoms with van der Waals surface area (Å²) in [7, 11) is 0. The van der Waals surface area contributed by atoms with Gasteiger partial charge in [-0.25, -0.2) is 0 Å². The summed E-state index contributed by atoms with van der Waals surface area (Å²) in [5, 5.41) is 15.5. The lowest BCUT2D eigenvalue weighted by molar-refractivity contribution is -0.161. The topological polar surface area (TPSA) is 123 Å². The quantitative estimate of drug-likeness (QED) is 0.372. The number of carboxylic acid groups (broad SMARTS) is 1. The molecule has 0 radical (unpaired) electrons. The van der Waals surface area contributed by atoms with Gasteiger partial charge in [0.25, 0.3) is 0 Å². The van der Waals surface area contributed by atoms with E-state index in [-0.39, 0.29) is 32.0 Å². The third kappa shape index (κ3) is 10.7. The zero-order valence-electron chi connectivity index (χ0n) is 10.8. The lowest BCUT2D eigenvalue weighted by Gasteiger charge is -2.17. The first kappa shape index (κ1) is 16.9. The summed E-state index contributed by atoms with van der Waals surface area (Å²) in [6.45, 7) is 2.25. The number of carbonyl (C=O) groups is 3. The zero-order valence-corrected chi connectivity index (χ0v) is 10.8. The number of aliphatic carboxylic acids is 1.